The van der Waals surface area contributed by atoms with E-state index in [4.69, 9.17) is 5.73 Å². The number of hydrogen-bond acceptors (Lipinski definition) is 3. The third-order valence-electron chi connectivity index (χ3n) is 2.63. The van der Waals surface area contributed by atoms with Crippen LogP contribution in [0.2, 0.25) is 0 Å². The van der Waals surface area contributed by atoms with Gasteiger partial charge in [0, 0.05) is 5.56 Å². The predicted molar refractivity (Wildman–Crippen MR) is 67.4 cm³/mol. The standard InChI is InChI=1S/C14H11NO3/c15-14(18)11-3-1-2-9(6-11)10-4-5-13(17)12(7-10)8-16/h1-8,17H,(H2,15,18). The maximum absolute atomic E-state index is 11.1. The van der Waals surface area contributed by atoms with Crippen molar-refractivity contribution in [2.45, 2.75) is 0 Å². The summed E-state index contributed by atoms with van der Waals surface area (Å²) in [6, 6.07) is 11.4. The molecule has 2 aromatic carbocycles. The van der Waals surface area contributed by atoms with Gasteiger partial charge in [0.05, 0.1) is 5.56 Å². The van der Waals surface area contributed by atoms with Crippen molar-refractivity contribution in [2.75, 3.05) is 0 Å². The zero-order chi connectivity index (χ0) is 13.1. The molecule has 90 valence electrons. The monoisotopic (exact) mass is 241 g/mol. The maximum Gasteiger partial charge on any atom is 0.248 e. The third-order valence-corrected chi connectivity index (χ3v) is 2.63. The lowest BCUT2D eigenvalue weighted by molar-refractivity contribution is 0.0999. The first-order valence-corrected chi connectivity index (χ1v) is 5.30. The molecule has 0 saturated carbocycles. The van der Waals surface area contributed by atoms with Crippen LogP contribution in [0.1, 0.15) is 20.7 Å². The van der Waals surface area contributed by atoms with E-state index in [1.807, 2.05) is 0 Å². The van der Waals surface area contributed by atoms with Gasteiger partial charge in [-0.2, -0.15) is 0 Å². The highest BCUT2D eigenvalue weighted by atomic mass is 16.3. The molecule has 0 bridgehead atoms. The van der Waals surface area contributed by atoms with Crippen LogP contribution in [0.3, 0.4) is 0 Å². The van der Waals surface area contributed by atoms with E-state index >= 15 is 0 Å². The number of phenols is 1. The summed E-state index contributed by atoms with van der Waals surface area (Å²) in [5.41, 5.74) is 7.30. The fraction of sp³-hybridized carbons (Fsp3) is 0. The molecule has 4 nitrogen and oxygen atoms in total. The lowest BCUT2D eigenvalue weighted by Crippen LogP contribution is -2.10. The summed E-state index contributed by atoms with van der Waals surface area (Å²) in [6.45, 7) is 0. The molecule has 0 fully saturated rings. The fourth-order valence-electron chi connectivity index (χ4n) is 1.68. The van der Waals surface area contributed by atoms with Gasteiger partial charge >= 0.3 is 0 Å². The number of hydrogen-bond donors (Lipinski definition) is 2. The van der Waals surface area contributed by atoms with E-state index in [1.54, 1.807) is 36.4 Å². The summed E-state index contributed by atoms with van der Waals surface area (Å²) in [5.74, 6) is -0.578. The number of primary amides is 1. The van der Waals surface area contributed by atoms with Gasteiger partial charge in [-0.15, -0.1) is 0 Å². The van der Waals surface area contributed by atoms with Gasteiger partial charge < -0.3 is 10.8 Å². The van der Waals surface area contributed by atoms with Gasteiger partial charge in [0.15, 0.2) is 6.29 Å². The third kappa shape index (κ3) is 2.22. The first-order valence-electron chi connectivity index (χ1n) is 5.30. The van der Waals surface area contributed by atoms with E-state index in [-0.39, 0.29) is 11.3 Å². The molecule has 0 aliphatic carbocycles. The first-order chi connectivity index (χ1) is 8.61. The van der Waals surface area contributed by atoms with Crippen LogP contribution in [0.15, 0.2) is 42.5 Å². The zero-order valence-corrected chi connectivity index (χ0v) is 9.46. The lowest BCUT2D eigenvalue weighted by atomic mass is 10.0. The summed E-state index contributed by atoms with van der Waals surface area (Å²) < 4.78 is 0. The molecule has 3 N–H and O–H groups in total. The Morgan fingerprint density at radius 3 is 2.50 bits per heavy atom. The molecule has 0 atom stereocenters. The number of aromatic hydroxyl groups is 1. The molecule has 2 aromatic rings. The Labute approximate surface area is 104 Å². The molecule has 0 saturated heterocycles. The second-order valence-corrected chi connectivity index (χ2v) is 3.84. The molecule has 0 aliphatic heterocycles. The second-order valence-electron chi connectivity index (χ2n) is 3.84. The molecule has 0 aliphatic rings. The van der Waals surface area contributed by atoms with Crippen molar-refractivity contribution in [3.63, 3.8) is 0 Å². The van der Waals surface area contributed by atoms with Crippen LogP contribution in [0.25, 0.3) is 11.1 Å². The first kappa shape index (κ1) is 11.9. The van der Waals surface area contributed by atoms with E-state index in [9.17, 15) is 14.7 Å². The minimum atomic E-state index is -0.508. The van der Waals surface area contributed by atoms with Crippen molar-refractivity contribution in [1.29, 1.82) is 0 Å². The van der Waals surface area contributed by atoms with Crippen LogP contribution in [-0.4, -0.2) is 17.3 Å². The van der Waals surface area contributed by atoms with Crippen LogP contribution >= 0.6 is 0 Å². The summed E-state index contributed by atoms with van der Waals surface area (Å²) in [7, 11) is 0. The van der Waals surface area contributed by atoms with E-state index in [2.05, 4.69) is 0 Å². The van der Waals surface area contributed by atoms with Gasteiger partial charge in [0.25, 0.3) is 0 Å². The van der Waals surface area contributed by atoms with E-state index in [1.165, 1.54) is 6.07 Å². The SMILES string of the molecule is NC(=O)c1cccc(-c2ccc(O)c(C=O)c2)c1. The molecule has 0 aromatic heterocycles. The number of phenolic OH excluding ortho intramolecular Hbond substituents is 1. The van der Waals surface area contributed by atoms with E-state index in [0.717, 1.165) is 11.1 Å². The molecule has 4 heteroatoms. The lowest BCUT2D eigenvalue weighted by Gasteiger charge is -2.05. The average molecular weight is 241 g/mol. The summed E-state index contributed by atoms with van der Waals surface area (Å²) >= 11 is 0. The van der Waals surface area contributed by atoms with Crippen molar-refractivity contribution in [2.24, 2.45) is 5.73 Å². The number of carbonyl (C=O) groups is 2. The average Bonchev–Trinajstić information content (AvgIpc) is 2.39. The summed E-state index contributed by atoms with van der Waals surface area (Å²) in [5, 5.41) is 9.42. The number of nitrogens with two attached hydrogens (primary N) is 1. The number of amides is 1. The zero-order valence-electron chi connectivity index (χ0n) is 9.46. The van der Waals surface area contributed by atoms with Gasteiger partial charge in [-0.05, 0) is 35.4 Å². The van der Waals surface area contributed by atoms with Crippen molar-refractivity contribution in [3.8, 4) is 16.9 Å². The van der Waals surface area contributed by atoms with Crippen molar-refractivity contribution >= 4 is 12.2 Å². The van der Waals surface area contributed by atoms with Crippen molar-refractivity contribution in [3.05, 3.63) is 53.6 Å². The highest BCUT2D eigenvalue weighted by Gasteiger charge is 2.06. The highest BCUT2D eigenvalue weighted by molar-refractivity contribution is 5.94. The Kier molecular flexibility index (Phi) is 3.10. The Bertz CT molecular complexity index is 620. The summed E-state index contributed by atoms with van der Waals surface area (Å²) in [4.78, 5) is 21.8. The van der Waals surface area contributed by atoms with Crippen LogP contribution in [0, 0.1) is 0 Å². The number of aldehydes is 1. The minimum Gasteiger partial charge on any atom is -0.507 e. The Hall–Kier alpha value is -2.62. The number of carbonyl (C=O) groups excluding carboxylic acids is 2. The topological polar surface area (TPSA) is 80.4 Å². The van der Waals surface area contributed by atoms with Gasteiger partial charge in [0.1, 0.15) is 5.75 Å². The largest absolute Gasteiger partial charge is 0.507 e. The van der Waals surface area contributed by atoms with Crippen molar-refractivity contribution in [1.82, 2.24) is 0 Å². The normalized spacial score (nSPS) is 10.0. The van der Waals surface area contributed by atoms with E-state index < -0.39 is 5.91 Å². The van der Waals surface area contributed by atoms with Crippen LogP contribution in [0.5, 0.6) is 5.75 Å². The van der Waals surface area contributed by atoms with Gasteiger partial charge in [-0.3, -0.25) is 9.59 Å². The van der Waals surface area contributed by atoms with Gasteiger partial charge in [0.2, 0.25) is 5.91 Å². The molecule has 2 rings (SSSR count). The molecule has 0 radical (unpaired) electrons. The molecule has 0 heterocycles. The molecule has 18 heavy (non-hydrogen) atoms. The quantitative estimate of drug-likeness (QED) is 0.806. The molecular weight excluding hydrogens is 230 g/mol. The fourth-order valence-corrected chi connectivity index (χ4v) is 1.68. The second kappa shape index (κ2) is 4.71. The Morgan fingerprint density at radius 2 is 1.83 bits per heavy atom. The number of benzene rings is 2. The molecule has 0 spiro atoms. The maximum atomic E-state index is 11.1. The summed E-state index contributed by atoms with van der Waals surface area (Å²) in [6.07, 6.45) is 0.580. The van der Waals surface area contributed by atoms with Crippen LogP contribution < -0.4 is 5.73 Å². The van der Waals surface area contributed by atoms with Crippen LogP contribution in [0.4, 0.5) is 0 Å². The molecule has 0 unspecified atom stereocenters. The van der Waals surface area contributed by atoms with Crippen LogP contribution in [-0.2, 0) is 0 Å². The molecule has 1 amide bonds. The van der Waals surface area contributed by atoms with Gasteiger partial charge in [-0.1, -0.05) is 18.2 Å². The van der Waals surface area contributed by atoms with E-state index in [0.29, 0.717) is 11.8 Å². The Balaban J connectivity index is 2.51. The molecular formula is C14H11NO3. The number of rotatable bonds is 3. The predicted octanol–water partition coefficient (Wildman–Crippen LogP) is 1.97. The van der Waals surface area contributed by atoms with Gasteiger partial charge in [-0.25, -0.2) is 0 Å². The Morgan fingerprint density at radius 1 is 1.11 bits per heavy atom. The smallest absolute Gasteiger partial charge is 0.248 e. The van der Waals surface area contributed by atoms with Crippen molar-refractivity contribution < 1.29 is 14.7 Å². The highest BCUT2D eigenvalue weighted by Crippen LogP contribution is 2.25. The minimum absolute atomic E-state index is 0.0696.